The van der Waals surface area contributed by atoms with Crippen LogP contribution in [0.15, 0.2) is 35.7 Å². The van der Waals surface area contributed by atoms with Gasteiger partial charge in [0.15, 0.2) is 9.84 Å². The average molecular weight is 423 g/mol. The Morgan fingerprint density at radius 2 is 2.00 bits per heavy atom. The zero-order valence-corrected chi connectivity index (χ0v) is 17.4. The van der Waals surface area contributed by atoms with Crippen LogP contribution < -0.4 is 5.32 Å². The van der Waals surface area contributed by atoms with E-state index in [-0.39, 0.29) is 28.6 Å². The Morgan fingerprint density at radius 3 is 2.62 bits per heavy atom. The normalized spacial score (nSPS) is 19.8. The molecule has 0 aliphatic heterocycles. The van der Waals surface area contributed by atoms with E-state index in [9.17, 15) is 13.2 Å². The van der Waals surface area contributed by atoms with E-state index in [1.807, 2.05) is 0 Å². The molecule has 9 nitrogen and oxygen atoms in total. The summed E-state index contributed by atoms with van der Waals surface area (Å²) in [4.78, 5) is 21.1. The number of rotatable bonds is 8. The molecule has 0 aromatic carbocycles. The number of pyridine rings is 1. The first kappa shape index (κ1) is 21.4. The van der Waals surface area contributed by atoms with Crippen molar-refractivity contribution in [2.24, 2.45) is 0 Å². The lowest BCUT2D eigenvalue weighted by molar-refractivity contribution is -0.00409. The molecule has 2 aromatic rings. The molecule has 1 saturated carbocycles. The summed E-state index contributed by atoms with van der Waals surface area (Å²) < 4.78 is 36.4. The first-order valence-electron chi connectivity index (χ1n) is 9.48. The van der Waals surface area contributed by atoms with Crippen molar-refractivity contribution in [2.45, 2.75) is 42.7 Å². The highest BCUT2D eigenvalue weighted by Gasteiger charge is 2.24. The Balaban J connectivity index is 1.69. The van der Waals surface area contributed by atoms with E-state index in [4.69, 9.17) is 9.47 Å². The SMILES string of the molecule is COCCO[C@H]1CC[C@H](NC(=O)c2cc(S(C)(=O)=O)cc(-n3ccnc3)n2)CC1. The van der Waals surface area contributed by atoms with Gasteiger partial charge in [-0.2, -0.15) is 0 Å². The Hall–Kier alpha value is -2.30. The van der Waals surface area contributed by atoms with Crippen LogP contribution >= 0.6 is 0 Å². The van der Waals surface area contributed by atoms with Crippen LogP contribution in [0.25, 0.3) is 5.82 Å². The fourth-order valence-electron chi connectivity index (χ4n) is 3.28. The summed E-state index contributed by atoms with van der Waals surface area (Å²) in [6, 6.07) is 2.74. The maximum atomic E-state index is 12.8. The van der Waals surface area contributed by atoms with Crippen LogP contribution in [0.1, 0.15) is 36.2 Å². The molecule has 2 heterocycles. The molecule has 0 atom stereocenters. The third-order valence-electron chi connectivity index (χ3n) is 4.87. The van der Waals surface area contributed by atoms with Crippen molar-refractivity contribution in [1.82, 2.24) is 19.9 Å². The first-order chi connectivity index (χ1) is 13.9. The third-order valence-corrected chi connectivity index (χ3v) is 5.96. The lowest BCUT2D eigenvalue weighted by Crippen LogP contribution is -2.39. The molecule has 3 rings (SSSR count). The largest absolute Gasteiger partial charge is 0.382 e. The molecule has 0 unspecified atom stereocenters. The van der Waals surface area contributed by atoms with Gasteiger partial charge in [-0.05, 0) is 31.7 Å². The molecular weight excluding hydrogens is 396 g/mol. The topological polar surface area (TPSA) is 112 Å². The Morgan fingerprint density at radius 1 is 1.24 bits per heavy atom. The summed E-state index contributed by atoms with van der Waals surface area (Å²) in [7, 11) is -1.86. The Bertz CT molecular complexity index is 922. The van der Waals surface area contributed by atoms with Crippen LogP contribution in [0.4, 0.5) is 0 Å². The lowest BCUT2D eigenvalue weighted by atomic mass is 9.93. The van der Waals surface area contributed by atoms with Crippen molar-refractivity contribution in [1.29, 1.82) is 0 Å². The summed E-state index contributed by atoms with van der Waals surface area (Å²) in [6.45, 7) is 1.13. The summed E-state index contributed by atoms with van der Waals surface area (Å²) in [5.74, 6) is -0.0635. The maximum Gasteiger partial charge on any atom is 0.270 e. The van der Waals surface area contributed by atoms with Crippen molar-refractivity contribution in [3.05, 3.63) is 36.5 Å². The van der Waals surface area contributed by atoms with Crippen LogP contribution in [0.2, 0.25) is 0 Å². The van der Waals surface area contributed by atoms with Gasteiger partial charge in [-0.3, -0.25) is 9.36 Å². The van der Waals surface area contributed by atoms with Crippen molar-refractivity contribution >= 4 is 15.7 Å². The maximum absolute atomic E-state index is 12.8. The number of hydrogen-bond acceptors (Lipinski definition) is 7. The summed E-state index contributed by atoms with van der Waals surface area (Å²) in [5.41, 5.74) is 0.0649. The standard InChI is InChI=1S/C19H26N4O5S/c1-27-9-10-28-15-5-3-14(4-6-15)21-19(24)17-11-16(29(2,25)26)12-18(22-17)23-8-7-20-13-23/h7-8,11-15H,3-6,9-10H2,1-2H3,(H,21,24)/t14-,15-. The van der Waals surface area contributed by atoms with E-state index in [1.54, 1.807) is 24.1 Å². The molecule has 2 aromatic heterocycles. The van der Waals surface area contributed by atoms with Crippen molar-refractivity contribution in [3.63, 3.8) is 0 Å². The molecule has 0 radical (unpaired) electrons. The van der Waals surface area contributed by atoms with E-state index < -0.39 is 9.84 Å². The van der Waals surface area contributed by atoms with Gasteiger partial charge in [0.25, 0.3) is 5.91 Å². The molecule has 29 heavy (non-hydrogen) atoms. The van der Waals surface area contributed by atoms with E-state index in [0.717, 1.165) is 31.9 Å². The summed E-state index contributed by atoms with van der Waals surface area (Å²) >= 11 is 0. The van der Waals surface area contributed by atoms with Gasteiger partial charge in [0.05, 0.1) is 24.2 Å². The monoisotopic (exact) mass is 422 g/mol. The number of carbonyl (C=O) groups excluding carboxylic acids is 1. The lowest BCUT2D eigenvalue weighted by Gasteiger charge is -2.29. The fourth-order valence-corrected chi connectivity index (χ4v) is 3.93. The minimum atomic E-state index is -3.50. The smallest absolute Gasteiger partial charge is 0.270 e. The zero-order chi connectivity index (χ0) is 20.9. The van der Waals surface area contributed by atoms with Gasteiger partial charge in [0.1, 0.15) is 17.8 Å². The summed E-state index contributed by atoms with van der Waals surface area (Å²) in [5, 5.41) is 2.97. The van der Waals surface area contributed by atoms with Gasteiger partial charge < -0.3 is 14.8 Å². The molecule has 158 valence electrons. The van der Waals surface area contributed by atoms with Crippen molar-refractivity contribution in [2.75, 3.05) is 26.6 Å². The molecule has 0 spiro atoms. The molecule has 10 heteroatoms. The number of nitrogens with zero attached hydrogens (tertiary/aromatic N) is 3. The van der Waals surface area contributed by atoms with Gasteiger partial charge in [-0.1, -0.05) is 0 Å². The van der Waals surface area contributed by atoms with Gasteiger partial charge in [0.2, 0.25) is 0 Å². The molecule has 1 N–H and O–H groups in total. The molecule has 1 aliphatic carbocycles. The number of nitrogens with one attached hydrogen (secondary N) is 1. The minimum absolute atomic E-state index is 0.00478. The van der Waals surface area contributed by atoms with Crippen molar-refractivity contribution < 1.29 is 22.7 Å². The first-order valence-corrected chi connectivity index (χ1v) is 11.4. The zero-order valence-electron chi connectivity index (χ0n) is 16.6. The second kappa shape index (κ2) is 9.47. The van der Waals surface area contributed by atoms with Gasteiger partial charge in [0, 0.05) is 37.9 Å². The van der Waals surface area contributed by atoms with Crippen LogP contribution in [-0.2, 0) is 19.3 Å². The number of hydrogen-bond donors (Lipinski definition) is 1. The third kappa shape index (κ3) is 5.84. The van der Waals surface area contributed by atoms with Crippen LogP contribution in [0.5, 0.6) is 0 Å². The van der Waals surface area contributed by atoms with Gasteiger partial charge in [-0.15, -0.1) is 0 Å². The van der Waals surface area contributed by atoms with E-state index in [0.29, 0.717) is 19.0 Å². The van der Waals surface area contributed by atoms with Gasteiger partial charge >= 0.3 is 0 Å². The number of amides is 1. The minimum Gasteiger partial charge on any atom is -0.382 e. The molecule has 1 aliphatic rings. The van der Waals surface area contributed by atoms with E-state index in [2.05, 4.69) is 15.3 Å². The Labute approximate surface area is 170 Å². The highest BCUT2D eigenvalue weighted by atomic mass is 32.2. The number of imidazole rings is 1. The molecule has 1 fully saturated rings. The second-order valence-corrected chi connectivity index (χ2v) is 9.11. The second-order valence-electron chi connectivity index (χ2n) is 7.10. The predicted octanol–water partition coefficient (Wildman–Crippen LogP) is 1.37. The van der Waals surface area contributed by atoms with Crippen LogP contribution in [-0.4, -0.2) is 67.6 Å². The molecule has 1 amide bonds. The number of ether oxygens (including phenoxy) is 2. The van der Waals surface area contributed by atoms with Gasteiger partial charge in [-0.25, -0.2) is 18.4 Å². The quantitative estimate of drug-likeness (QED) is 0.640. The van der Waals surface area contributed by atoms with E-state index in [1.165, 1.54) is 18.5 Å². The number of methoxy groups -OCH3 is 1. The average Bonchev–Trinajstić information content (AvgIpc) is 3.23. The molecule has 0 bridgehead atoms. The van der Waals surface area contributed by atoms with E-state index >= 15 is 0 Å². The number of carbonyl (C=O) groups is 1. The summed E-state index contributed by atoms with van der Waals surface area (Å²) in [6.07, 6.45) is 9.28. The number of aromatic nitrogens is 3. The molecular formula is C19H26N4O5S. The number of sulfone groups is 1. The Kier molecular flexibility index (Phi) is 6.99. The highest BCUT2D eigenvalue weighted by molar-refractivity contribution is 7.90. The van der Waals surface area contributed by atoms with Crippen LogP contribution in [0, 0.1) is 0 Å². The van der Waals surface area contributed by atoms with Crippen LogP contribution in [0.3, 0.4) is 0 Å². The molecule has 0 saturated heterocycles. The predicted molar refractivity (Wildman–Crippen MR) is 106 cm³/mol. The van der Waals surface area contributed by atoms with Crippen molar-refractivity contribution in [3.8, 4) is 5.82 Å². The fraction of sp³-hybridized carbons (Fsp3) is 0.526. The highest BCUT2D eigenvalue weighted by Crippen LogP contribution is 2.22.